The van der Waals surface area contributed by atoms with Crippen LogP contribution in [0.4, 0.5) is 5.69 Å². The molecule has 2 aromatic rings. The van der Waals surface area contributed by atoms with Gasteiger partial charge in [-0.3, -0.25) is 0 Å². The van der Waals surface area contributed by atoms with Crippen LogP contribution < -0.4 is 10.2 Å². The normalized spacial score (nSPS) is 16.0. The number of rotatable bonds is 6. The Morgan fingerprint density at radius 1 is 1.38 bits per heavy atom. The molecule has 21 heavy (non-hydrogen) atoms. The molecule has 0 spiro atoms. The van der Waals surface area contributed by atoms with Gasteiger partial charge < -0.3 is 14.6 Å². The second-order valence-corrected chi connectivity index (χ2v) is 6.57. The summed E-state index contributed by atoms with van der Waals surface area (Å²) in [6.45, 7) is 3.03. The molecule has 112 valence electrons. The smallest absolute Gasteiger partial charge is 0.123 e. The molecule has 0 amide bonds. The molecule has 0 radical (unpaired) electrons. The van der Waals surface area contributed by atoms with Gasteiger partial charge in [-0.2, -0.15) is 0 Å². The highest BCUT2D eigenvalue weighted by molar-refractivity contribution is 9.10. The zero-order chi connectivity index (χ0) is 14.8. The van der Waals surface area contributed by atoms with Gasteiger partial charge >= 0.3 is 0 Å². The van der Waals surface area contributed by atoms with Crippen molar-refractivity contribution in [1.29, 1.82) is 0 Å². The van der Waals surface area contributed by atoms with E-state index in [1.165, 1.54) is 24.1 Å². The molecule has 1 aliphatic rings. The summed E-state index contributed by atoms with van der Waals surface area (Å²) in [6, 6.07) is 11.5. The Balaban J connectivity index is 1.95. The molecule has 1 saturated carbocycles. The molecule has 0 bridgehead atoms. The summed E-state index contributed by atoms with van der Waals surface area (Å²) in [4.78, 5) is 2.48. The summed E-state index contributed by atoms with van der Waals surface area (Å²) in [6.07, 6.45) is 4.29. The van der Waals surface area contributed by atoms with Gasteiger partial charge in [0.05, 0.1) is 12.8 Å². The molecule has 0 aliphatic heterocycles. The van der Waals surface area contributed by atoms with E-state index in [2.05, 4.69) is 57.3 Å². The lowest BCUT2D eigenvalue weighted by Crippen LogP contribution is -2.27. The van der Waals surface area contributed by atoms with Crippen LogP contribution in [0.5, 0.6) is 0 Å². The Labute approximate surface area is 134 Å². The predicted molar refractivity (Wildman–Crippen MR) is 89.5 cm³/mol. The fraction of sp³-hybridized carbons (Fsp3) is 0.412. The lowest BCUT2D eigenvalue weighted by atomic mass is 10.0. The predicted octanol–water partition coefficient (Wildman–Crippen LogP) is 4.49. The molecule has 1 aliphatic carbocycles. The monoisotopic (exact) mass is 348 g/mol. The first kappa shape index (κ1) is 14.7. The van der Waals surface area contributed by atoms with Gasteiger partial charge in [0.1, 0.15) is 5.76 Å². The summed E-state index contributed by atoms with van der Waals surface area (Å²) in [7, 11) is 2.00. The summed E-state index contributed by atoms with van der Waals surface area (Å²) in [5.41, 5.74) is 2.63. The number of nitrogens with one attached hydrogen (secondary N) is 1. The maximum atomic E-state index is 5.55. The van der Waals surface area contributed by atoms with E-state index in [0.717, 1.165) is 16.8 Å². The first-order chi connectivity index (χ1) is 10.2. The quantitative estimate of drug-likeness (QED) is 0.833. The van der Waals surface area contributed by atoms with Crippen LogP contribution in [0.15, 0.2) is 45.5 Å². The Kier molecular flexibility index (Phi) is 4.36. The van der Waals surface area contributed by atoms with E-state index in [0.29, 0.717) is 12.1 Å². The van der Waals surface area contributed by atoms with Gasteiger partial charge in [0.25, 0.3) is 0 Å². The highest BCUT2D eigenvalue weighted by atomic mass is 79.9. The third-order valence-electron chi connectivity index (χ3n) is 4.09. The van der Waals surface area contributed by atoms with Gasteiger partial charge in [-0.1, -0.05) is 15.9 Å². The first-order valence-corrected chi connectivity index (χ1v) is 8.24. The molecule has 1 fully saturated rings. The molecule has 1 aromatic heterocycles. The van der Waals surface area contributed by atoms with Gasteiger partial charge in [-0.25, -0.2) is 0 Å². The average molecular weight is 349 g/mol. The van der Waals surface area contributed by atoms with Crippen LogP contribution in [0.1, 0.15) is 37.1 Å². The molecule has 3 rings (SSSR count). The Morgan fingerprint density at radius 2 is 2.19 bits per heavy atom. The van der Waals surface area contributed by atoms with Crippen LogP contribution >= 0.6 is 15.9 Å². The third kappa shape index (κ3) is 3.33. The molecule has 0 saturated heterocycles. The lowest BCUT2D eigenvalue weighted by molar-refractivity contribution is 0.500. The molecule has 1 atom stereocenters. The molecule has 1 N–H and O–H groups in total. The molecule has 1 aromatic carbocycles. The molecule has 4 heteroatoms. The Bertz CT molecular complexity index is 593. The standard InChI is InChI=1S/C17H21BrN2O/c1-12(19-2)16-10-13(18)5-8-17(16)20(14-6-7-14)11-15-4-3-9-21-15/h3-5,8-10,12,14,19H,6-7,11H2,1-2H3. The number of benzene rings is 1. The topological polar surface area (TPSA) is 28.4 Å². The van der Waals surface area contributed by atoms with Crippen LogP contribution in [0.25, 0.3) is 0 Å². The second-order valence-electron chi connectivity index (χ2n) is 5.65. The van der Waals surface area contributed by atoms with E-state index in [4.69, 9.17) is 4.42 Å². The summed E-state index contributed by atoms with van der Waals surface area (Å²) >= 11 is 3.59. The number of hydrogen-bond donors (Lipinski definition) is 1. The van der Waals surface area contributed by atoms with Gasteiger partial charge in [0.15, 0.2) is 0 Å². The Hall–Kier alpha value is -1.26. The minimum absolute atomic E-state index is 0.315. The van der Waals surface area contributed by atoms with Crippen molar-refractivity contribution in [2.45, 2.75) is 38.4 Å². The maximum absolute atomic E-state index is 5.55. The van der Waals surface area contributed by atoms with Crippen molar-refractivity contribution in [2.24, 2.45) is 0 Å². The second kappa shape index (κ2) is 6.24. The van der Waals surface area contributed by atoms with Gasteiger partial charge in [-0.05, 0) is 62.7 Å². The van der Waals surface area contributed by atoms with Gasteiger partial charge in [0.2, 0.25) is 0 Å². The SMILES string of the molecule is CNC(C)c1cc(Br)ccc1N(Cc1ccco1)C1CC1. The Morgan fingerprint density at radius 3 is 2.81 bits per heavy atom. The van der Waals surface area contributed by atoms with Crippen LogP contribution in [-0.4, -0.2) is 13.1 Å². The van der Waals surface area contributed by atoms with Crippen molar-refractivity contribution in [2.75, 3.05) is 11.9 Å². The van der Waals surface area contributed by atoms with Crippen LogP contribution in [0, 0.1) is 0 Å². The zero-order valence-electron chi connectivity index (χ0n) is 12.5. The van der Waals surface area contributed by atoms with Crippen LogP contribution in [0.2, 0.25) is 0 Å². The fourth-order valence-electron chi connectivity index (χ4n) is 2.66. The number of halogens is 1. The van der Waals surface area contributed by atoms with Gasteiger partial charge in [0, 0.05) is 22.2 Å². The zero-order valence-corrected chi connectivity index (χ0v) is 14.1. The van der Waals surface area contributed by atoms with Crippen molar-refractivity contribution in [3.05, 3.63) is 52.4 Å². The minimum atomic E-state index is 0.315. The van der Waals surface area contributed by atoms with E-state index >= 15 is 0 Å². The van der Waals surface area contributed by atoms with E-state index in [-0.39, 0.29) is 0 Å². The average Bonchev–Trinajstić information content (AvgIpc) is 3.21. The third-order valence-corrected chi connectivity index (χ3v) is 4.59. The van der Waals surface area contributed by atoms with Crippen molar-refractivity contribution in [3.8, 4) is 0 Å². The number of nitrogens with zero attached hydrogens (tertiary/aromatic N) is 1. The number of hydrogen-bond acceptors (Lipinski definition) is 3. The number of anilines is 1. The van der Waals surface area contributed by atoms with E-state index in [9.17, 15) is 0 Å². The van der Waals surface area contributed by atoms with Crippen molar-refractivity contribution in [1.82, 2.24) is 5.32 Å². The van der Waals surface area contributed by atoms with Gasteiger partial charge in [-0.15, -0.1) is 0 Å². The van der Waals surface area contributed by atoms with E-state index in [1.54, 1.807) is 6.26 Å². The summed E-state index contributed by atoms with van der Waals surface area (Å²) < 4.78 is 6.67. The summed E-state index contributed by atoms with van der Waals surface area (Å²) in [5, 5.41) is 3.35. The van der Waals surface area contributed by atoms with Crippen molar-refractivity contribution < 1.29 is 4.42 Å². The molecule has 1 heterocycles. The first-order valence-electron chi connectivity index (χ1n) is 7.44. The fourth-order valence-corrected chi connectivity index (χ4v) is 3.04. The molecule has 3 nitrogen and oxygen atoms in total. The van der Waals surface area contributed by atoms with Crippen LogP contribution in [0.3, 0.4) is 0 Å². The summed E-state index contributed by atoms with van der Waals surface area (Å²) in [5.74, 6) is 1.02. The molecular weight excluding hydrogens is 328 g/mol. The van der Waals surface area contributed by atoms with E-state index in [1.807, 2.05) is 13.1 Å². The number of furan rings is 1. The highest BCUT2D eigenvalue weighted by Crippen LogP contribution is 2.38. The minimum Gasteiger partial charge on any atom is -0.467 e. The molecule has 1 unspecified atom stereocenters. The molecular formula is C17H21BrN2O. The van der Waals surface area contributed by atoms with Crippen LogP contribution in [-0.2, 0) is 6.54 Å². The van der Waals surface area contributed by atoms with E-state index < -0.39 is 0 Å². The maximum Gasteiger partial charge on any atom is 0.123 e. The highest BCUT2D eigenvalue weighted by Gasteiger charge is 2.31. The lowest BCUT2D eigenvalue weighted by Gasteiger charge is -2.28. The van der Waals surface area contributed by atoms with Crippen molar-refractivity contribution >= 4 is 21.6 Å². The largest absolute Gasteiger partial charge is 0.467 e. The van der Waals surface area contributed by atoms with Crippen molar-refractivity contribution in [3.63, 3.8) is 0 Å².